The molecule has 12 rings (SSSR count). The Morgan fingerprint density at radius 3 is 1.64 bits per heavy atom. The first kappa shape index (κ1) is 34.9. The van der Waals surface area contributed by atoms with E-state index < -0.39 is 0 Å². The highest BCUT2D eigenvalue weighted by atomic mass is 16.3. The maximum Gasteiger partial charge on any atom is 0.143 e. The van der Waals surface area contributed by atoms with E-state index in [1.165, 1.54) is 43.7 Å². The number of para-hydroxylation sites is 6. The van der Waals surface area contributed by atoms with Crippen LogP contribution in [0.15, 0.2) is 235 Å². The molecule has 0 unspecified atom stereocenters. The van der Waals surface area contributed by atoms with E-state index in [9.17, 15) is 0 Å². The van der Waals surface area contributed by atoms with Crippen molar-refractivity contribution < 1.29 is 4.42 Å². The first-order valence-corrected chi connectivity index (χ1v) is 20.8. The van der Waals surface area contributed by atoms with Crippen molar-refractivity contribution in [2.24, 2.45) is 0 Å². The van der Waals surface area contributed by atoms with E-state index in [0.29, 0.717) is 0 Å². The number of furan rings is 1. The van der Waals surface area contributed by atoms with Gasteiger partial charge in [0.05, 0.1) is 22.4 Å². The van der Waals surface area contributed by atoms with Crippen molar-refractivity contribution in [3.05, 3.63) is 231 Å². The van der Waals surface area contributed by atoms with Crippen LogP contribution in [0, 0.1) is 0 Å². The summed E-state index contributed by atoms with van der Waals surface area (Å²) in [5.41, 5.74) is 15.4. The minimum absolute atomic E-state index is 0.901. The topological polar surface area (TPSA) is 21.3 Å². The molecule has 0 aliphatic heterocycles. The van der Waals surface area contributed by atoms with Gasteiger partial charge in [0.25, 0.3) is 0 Å². The number of nitrogens with zero attached hydrogens (tertiary/aromatic N) is 2. The van der Waals surface area contributed by atoms with Crippen LogP contribution in [-0.4, -0.2) is 4.57 Å². The fourth-order valence-electron chi connectivity index (χ4n) is 9.34. The third kappa shape index (κ3) is 5.82. The quantitative estimate of drug-likeness (QED) is 0.161. The second-order valence-corrected chi connectivity index (χ2v) is 15.7. The molecule has 10 aromatic carbocycles. The van der Waals surface area contributed by atoms with Crippen molar-refractivity contribution in [1.29, 1.82) is 0 Å². The molecular weight excluding hydrogens is 741 g/mol. The molecule has 61 heavy (non-hydrogen) atoms. The predicted molar refractivity (Wildman–Crippen MR) is 257 cm³/mol. The zero-order valence-corrected chi connectivity index (χ0v) is 33.2. The van der Waals surface area contributed by atoms with Gasteiger partial charge in [0.1, 0.15) is 11.2 Å². The lowest BCUT2D eigenvalue weighted by Crippen LogP contribution is -2.11. The first-order chi connectivity index (χ1) is 30.3. The van der Waals surface area contributed by atoms with Gasteiger partial charge in [-0.1, -0.05) is 170 Å². The molecular formula is C58H38N2O. The molecule has 2 heterocycles. The number of hydrogen-bond acceptors (Lipinski definition) is 2. The van der Waals surface area contributed by atoms with E-state index in [1.807, 2.05) is 12.1 Å². The van der Waals surface area contributed by atoms with Crippen LogP contribution in [0.5, 0.6) is 0 Å². The van der Waals surface area contributed by atoms with Gasteiger partial charge in [0, 0.05) is 49.6 Å². The van der Waals surface area contributed by atoms with E-state index >= 15 is 0 Å². The van der Waals surface area contributed by atoms with Crippen LogP contribution in [0.25, 0.3) is 93.6 Å². The van der Waals surface area contributed by atoms with Gasteiger partial charge >= 0.3 is 0 Å². The largest absolute Gasteiger partial charge is 0.455 e. The number of rotatable bonds is 7. The van der Waals surface area contributed by atoms with E-state index in [4.69, 9.17) is 4.42 Å². The molecule has 0 amide bonds. The smallest absolute Gasteiger partial charge is 0.143 e. The molecule has 0 atom stereocenters. The number of fused-ring (bicyclic) bond motifs is 7. The SMILES string of the molecule is c1ccc(N(c2ccc(-c3ccc4ccccc4c3)cc2)c2ccc(-c3cccc4c3oc3ccccc34)cc2)c(-c2ccccc2-n2c3ccccc3c3ccccc32)c1. The Morgan fingerprint density at radius 1 is 0.344 bits per heavy atom. The zero-order chi connectivity index (χ0) is 40.3. The van der Waals surface area contributed by atoms with Gasteiger partial charge in [-0.25, -0.2) is 0 Å². The summed E-state index contributed by atoms with van der Waals surface area (Å²) in [5.74, 6) is 0. The molecule has 0 saturated heterocycles. The van der Waals surface area contributed by atoms with E-state index in [2.05, 4.69) is 228 Å². The average molecular weight is 779 g/mol. The van der Waals surface area contributed by atoms with Crippen LogP contribution >= 0.6 is 0 Å². The molecule has 0 fully saturated rings. The Balaban J connectivity index is 1.02. The van der Waals surface area contributed by atoms with Crippen LogP contribution < -0.4 is 4.90 Å². The average Bonchev–Trinajstić information content (AvgIpc) is 3.88. The van der Waals surface area contributed by atoms with Crippen molar-refractivity contribution in [2.75, 3.05) is 4.90 Å². The Labute approximate surface area is 353 Å². The highest BCUT2D eigenvalue weighted by Gasteiger charge is 2.22. The first-order valence-electron chi connectivity index (χ1n) is 20.8. The molecule has 0 aliphatic rings. The van der Waals surface area contributed by atoms with Crippen LogP contribution in [0.3, 0.4) is 0 Å². The van der Waals surface area contributed by atoms with Crippen molar-refractivity contribution in [3.63, 3.8) is 0 Å². The maximum absolute atomic E-state index is 6.47. The fourth-order valence-corrected chi connectivity index (χ4v) is 9.34. The van der Waals surface area contributed by atoms with Crippen molar-refractivity contribution in [1.82, 2.24) is 4.57 Å². The molecule has 2 aromatic heterocycles. The molecule has 3 nitrogen and oxygen atoms in total. The van der Waals surface area contributed by atoms with Crippen molar-refractivity contribution in [2.45, 2.75) is 0 Å². The molecule has 0 radical (unpaired) electrons. The molecule has 3 heteroatoms. The van der Waals surface area contributed by atoms with Gasteiger partial charge in [0.2, 0.25) is 0 Å². The summed E-state index contributed by atoms with van der Waals surface area (Å²) < 4.78 is 8.90. The standard InChI is InChI=1S/C58H38N2O/c1-2-15-42-38-43(29-28-39(42)14-1)40-30-34-44(35-31-40)59(45-36-32-41(33-37-45)46-21-13-22-52-51-20-7-12-27-57(51)61-58(46)52)53-23-8-3-16-47(53)48-17-4-9-24-54(48)60-55-25-10-5-18-49(55)50-19-6-11-26-56(50)60/h1-38H. The monoisotopic (exact) mass is 778 g/mol. The zero-order valence-electron chi connectivity index (χ0n) is 33.2. The van der Waals surface area contributed by atoms with Gasteiger partial charge in [-0.2, -0.15) is 0 Å². The predicted octanol–water partition coefficient (Wildman–Crippen LogP) is 16.3. The lowest BCUT2D eigenvalue weighted by atomic mass is 9.98. The minimum atomic E-state index is 0.901. The summed E-state index contributed by atoms with van der Waals surface area (Å²) in [5, 5.41) is 7.22. The summed E-state index contributed by atoms with van der Waals surface area (Å²) in [6.45, 7) is 0. The lowest BCUT2D eigenvalue weighted by Gasteiger charge is -2.29. The minimum Gasteiger partial charge on any atom is -0.455 e. The molecule has 12 aromatic rings. The highest BCUT2D eigenvalue weighted by Crippen LogP contribution is 2.45. The van der Waals surface area contributed by atoms with Gasteiger partial charge in [0.15, 0.2) is 0 Å². The number of hydrogen-bond donors (Lipinski definition) is 0. The third-order valence-electron chi connectivity index (χ3n) is 12.2. The van der Waals surface area contributed by atoms with E-state index in [-0.39, 0.29) is 0 Å². The molecule has 0 spiro atoms. The van der Waals surface area contributed by atoms with Gasteiger partial charge < -0.3 is 13.9 Å². The number of benzene rings is 10. The number of anilines is 3. The summed E-state index contributed by atoms with van der Waals surface area (Å²) >= 11 is 0. The number of aromatic nitrogens is 1. The summed E-state index contributed by atoms with van der Waals surface area (Å²) in [4.78, 5) is 2.40. The molecule has 0 N–H and O–H groups in total. The Kier molecular flexibility index (Phi) is 8.17. The van der Waals surface area contributed by atoms with E-state index in [1.54, 1.807) is 0 Å². The van der Waals surface area contributed by atoms with Gasteiger partial charge in [-0.05, 0) is 88.1 Å². The fraction of sp³-hybridized carbons (Fsp3) is 0. The van der Waals surface area contributed by atoms with Gasteiger partial charge in [-0.3, -0.25) is 0 Å². The summed E-state index contributed by atoms with van der Waals surface area (Å²) in [7, 11) is 0. The van der Waals surface area contributed by atoms with Crippen molar-refractivity contribution >= 4 is 71.6 Å². The van der Waals surface area contributed by atoms with Gasteiger partial charge in [-0.15, -0.1) is 0 Å². The van der Waals surface area contributed by atoms with Crippen LogP contribution in [0.2, 0.25) is 0 Å². The Morgan fingerprint density at radius 2 is 0.885 bits per heavy atom. The molecule has 0 saturated carbocycles. The molecule has 0 aliphatic carbocycles. The molecule has 286 valence electrons. The van der Waals surface area contributed by atoms with Crippen LogP contribution in [0.1, 0.15) is 0 Å². The van der Waals surface area contributed by atoms with E-state index in [0.717, 1.165) is 66.9 Å². The van der Waals surface area contributed by atoms with Crippen LogP contribution in [-0.2, 0) is 0 Å². The summed E-state index contributed by atoms with van der Waals surface area (Å²) in [6.07, 6.45) is 0. The normalized spacial score (nSPS) is 11.6. The lowest BCUT2D eigenvalue weighted by molar-refractivity contribution is 0.670. The third-order valence-corrected chi connectivity index (χ3v) is 12.2. The highest BCUT2D eigenvalue weighted by molar-refractivity contribution is 6.11. The second kappa shape index (κ2) is 14.3. The van der Waals surface area contributed by atoms with Crippen LogP contribution in [0.4, 0.5) is 17.1 Å². The summed E-state index contributed by atoms with van der Waals surface area (Å²) in [6, 6.07) is 83.0. The Bertz CT molecular complexity index is 3540. The maximum atomic E-state index is 6.47. The molecule has 0 bridgehead atoms. The second-order valence-electron chi connectivity index (χ2n) is 15.7. The Hall–Kier alpha value is -8.14. The van der Waals surface area contributed by atoms with Crippen molar-refractivity contribution in [3.8, 4) is 39.1 Å².